The summed E-state index contributed by atoms with van der Waals surface area (Å²) in [5.74, 6) is 0.303. The van der Waals surface area contributed by atoms with Crippen LogP contribution in [-0.4, -0.2) is 29.3 Å². The normalized spacial score (nSPS) is 16.9. The molecule has 0 spiro atoms. The number of amides is 2. The molecule has 1 fully saturated rings. The smallest absolute Gasteiger partial charge is 0.234 e. The number of benzene rings is 2. The average molecular weight is 394 g/mol. The number of hydrogen-bond donors (Lipinski definition) is 2. The molecule has 2 amide bonds. The molecule has 1 atom stereocenters. The molecule has 1 heterocycles. The van der Waals surface area contributed by atoms with Crippen molar-refractivity contribution in [3.05, 3.63) is 65.2 Å². The fraction of sp³-hybridized carbons (Fsp3) is 0.417. The minimum Gasteiger partial charge on any atom is -0.368 e. The highest BCUT2D eigenvalue weighted by molar-refractivity contribution is 5.93. The number of nitrogens with zero attached hydrogens (tertiary/aromatic N) is 1. The largest absolute Gasteiger partial charge is 0.368 e. The van der Waals surface area contributed by atoms with Gasteiger partial charge in [-0.15, -0.1) is 0 Å². The predicted octanol–water partition coefficient (Wildman–Crippen LogP) is 3.52. The molecular weight excluding hydrogens is 362 g/mol. The number of para-hydroxylation sites is 1. The average Bonchev–Trinajstić information content (AvgIpc) is 3.13. The molecule has 2 aromatic rings. The van der Waals surface area contributed by atoms with Crippen molar-refractivity contribution in [2.75, 3.05) is 11.9 Å². The van der Waals surface area contributed by atoms with Gasteiger partial charge in [0.25, 0.3) is 0 Å². The predicted molar refractivity (Wildman–Crippen MR) is 116 cm³/mol. The van der Waals surface area contributed by atoms with Crippen molar-refractivity contribution in [3.63, 3.8) is 0 Å². The van der Waals surface area contributed by atoms with Gasteiger partial charge in [-0.2, -0.15) is 0 Å². The molecule has 0 radical (unpaired) electrons. The quantitative estimate of drug-likeness (QED) is 0.721. The van der Waals surface area contributed by atoms with Gasteiger partial charge in [0.05, 0.1) is 12.5 Å². The molecule has 5 heteroatoms. The van der Waals surface area contributed by atoms with Gasteiger partial charge >= 0.3 is 0 Å². The third kappa shape index (κ3) is 5.91. The van der Waals surface area contributed by atoms with Crippen LogP contribution >= 0.6 is 0 Å². The first-order valence-corrected chi connectivity index (χ1v) is 10.4. The van der Waals surface area contributed by atoms with Gasteiger partial charge in [-0.05, 0) is 54.5 Å². The Morgan fingerprint density at radius 3 is 2.48 bits per heavy atom. The van der Waals surface area contributed by atoms with Crippen LogP contribution in [0.15, 0.2) is 48.5 Å². The highest BCUT2D eigenvalue weighted by atomic mass is 16.2. The molecule has 1 aliphatic rings. The molecule has 5 nitrogen and oxygen atoms in total. The molecule has 3 N–H and O–H groups in total. The number of anilines is 1. The summed E-state index contributed by atoms with van der Waals surface area (Å²) in [6.45, 7) is 5.85. The number of rotatable bonds is 8. The van der Waals surface area contributed by atoms with E-state index < -0.39 is 0 Å². The van der Waals surface area contributed by atoms with Crippen molar-refractivity contribution >= 4 is 17.5 Å². The molecule has 0 aromatic heterocycles. The van der Waals surface area contributed by atoms with Gasteiger partial charge in [0.1, 0.15) is 0 Å². The first kappa shape index (κ1) is 21.1. The van der Waals surface area contributed by atoms with Crippen molar-refractivity contribution in [1.29, 1.82) is 0 Å². The van der Waals surface area contributed by atoms with E-state index in [0.29, 0.717) is 18.9 Å². The fourth-order valence-electron chi connectivity index (χ4n) is 3.98. The summed E-state index contributed by atoms with van der Waals surface area (Å²) in [6.07, 6.45) is 3.15. The Morgan fingerprint density at radius 2 is 1.79 bits per heavy atom. The lowest BCUT2D eigenvalue weighted by atomic mass is 10.0. The zero-order valence-corrected chi connectivity index (χ0v) is 17.4. The van der Waals surface area contributed by atoms with Gasteiger partial charge in [-0.25, -0.2) is 0 Å². The van der Waals surface area contributed by atoms with E-state index in [0.717, 1.165) is 42.6 Å². The van der Waals surface area contributed by atoms with E-state index in [2.05, 4.69) is 36.2 Å². The molecule has 154 valence electrons. The maximum absolute atomic E-state index is 12.6. The summed E-state index contributed by atoms with van der Waals surface area (Å²) in [5.41, 5.74) is 9.63. The van der Waals surface area contributed by atoms with Gasteiger partial charge in [0, 0.05) is 12.2 Å². The number of hydrogen-bond acceptors (Lipinski definition) is 3. The van der Waals surface area contributed by atoms with Crippen LogP contribution in [0.3, 0.4) is 0 Å². The second-order valence-electron chi connectivity index (χ2n) is 8.33. The molecule has 0 bridgehead atoms. The topological polar surface area (TPSA) is 75.4 Å². The summed E-state index contributed by atoms with van der Waals surface area (Å²) in [5, 5.41) is 3.04. The monoisotopic (exact) mass is 393 g/mol. The SMILES string of the molecule is CC(C)Cc1ccc(CC(=O)Nc2ccccc2CN2CCCC2C(N)=O)cc1. The Kier molecular flexibility index (Phi) is 7.04. The van der Waals surface area contributed by atoms with Crippen molar-refractivity contribution in [2.24, 2.45) is 11.7 Å². The minimum absolute atomic E-state index is 0.0399. The van der Waals surface area contributed by atoms with Crippen molar-refractivity contribution in [1.82, 2.24) is 4.90 Å². The standard InChI is InChI=1S/C24H31N3O2/c1-17(2)14-18-9-11-19(12-10-18)15-23(28)26-21-7-4-3-6-20(21)16-27-13-5-8-22(27)24(25)29/h3-4,6-7,9-12,17,22H,5,8,13-16H2,1-2H3,(H2,25,29)(H,26,28). The molecule has 1 saturated heterocycles. The lowest BCUT2D eigenvalue weighted by Crippen LogP contribution is -2.39. The van der Waals surface area contributed by atoms with E-state index in [1.165, 1.54) is 5.56 Å². The Morgan fingerprint density at radius 1 is 1.10 bits per heavy atom. The van der Waals surface area contributed by atoms with Crippen molar-refractivity contribution in [3.8, 4) is 0 Å². The molecule has 0 saturated carbocycles. The van der Waals surface area contributed by atoms with E-state index >= 15 is 0 Å². The second-order valence-corrected chi connectivity index (χ2v) is 8.33. The number of carbonyl (C=O) groups excluding carboxylic acids is 2. The molecule has 1 aliphatic heterocycles. The molecule has 29 heavy (non-hydrogen) atoms. The maximum atomic E-state index is 12.6. The summed E-state index contributed by atoms with van der Waals surface area (Å²) < 4.78 is 0. The van der Waals surface area contributed by atoms with Gasteiger partial charge in [-0.3, -0.25) is 14.5 Å². The summed E-state index contributed by atoms with van der Waals surface area (Å²) in [6, 6.07) is 15.8. The molecule has 2 aromatic carbocycles. The Hall–Kier alpha value is -2.66. The summed E-state index contributed by atoms with van der Waals surface area (Å²) in [4.78, 5) is 26.4. The van der Waals surface area contributed by atoms with Crippen LogP contribution in [0.4, 0.5) is 5.69 Å². The van der Waals surface area contributed by atoms with Crippen LogP contribution in [0.5, 0.6) is 0 Å². The first-order valence-electron chi connectivity index (χ1n) is 10.4. The zero-order valence-electron chi connectivity index (χ0n) is 17.4. The number of nitrogens with two attached hydrogens (primary N) is 1. The number of primary amides is 1. The highest BCUT2D eigenvalue weighted by Gasteiger charge is 2.29. The second kappa shape index (κ2) is 9.70. The number of nitrogens with one attached hydrogen (secondary N) is 1. The Balaban J connectivity index is 1.63. The van der Waals surface area contributed by atoms with Crippen LogP contribution < -0.4 is 11.1 Å². The van der Waals surface area contributed by atoms with Crippen molar-refractivity contribution < 1.29 is 9.59 Å². The van der Waals surface area contributed by atoms with Gasteiger partial charge in [0.15, 0.2) is 0 Å². The third-order valence-electron chi connectivity index (χ3n) is 5.39. The van der Waals surface area contributed by atoms with E-state index in [4.69, 9.17) is 5.73 Å². The zero-order chi connectivity index (χ0) is 20.8. The third-order valence-corrected chi connectivity index (χ3v) is 5.39. The number of likely N-dealkylation sites (tertiary alicyclic amines) is 1. The van der Waals surface area contributed by atoms with Gasteiger partial charge in [0.2, 0.25) is 11.8 Å². The van der Waals surface area contributed by atoms with E-state index in [-0.39, 0.29) is 17.9 Å². The molecule has 1 unspecified atom stereocenters. The fourth-order valence-corrected chi connectivity index (χ4v) is 3.98. The van der Waals surface area contributed by atoms with Crippen LogP contribution in [0, 0.1) is 5.92 Å². The van der Waals surface area contributed by atoms with Crippen LogP contribution in [-0.2, 0) is 29.0 Å². The van der Waals surface area contributed by atoms with Crippen LogP contribution in [0.25, 0.3) is 0 Å². The molecular formula is C24H31N3O2. The lowest BCUT2D eigenvalue weighted by molar-refractivity contribution is -0.122. The van der Waals surface area contributed by atoms with E-state index in [1.807, 2.05) is 36.4 Å². The van der Waals surface area contributed by atoms with Crippen molar-refractivity contribution in [2.45, 2.75) is 52.1 Å². The van der Waals surface area contributed by atoms with Gasteiger partial charge in [-0.1, -0.05) is 56.3 Å². The van der Waals surface area contributed by atoms with E-state index in [9.17, 15) is 9.59 Å². The summed E-state index contributed by atoms with van der Waals surface area (Å²) >= 11 is 0. The Labute approximate surface area is 173 Å². The number of carbonyl (C=O) groups is 2. The first-order chi connectivity index (χ1) is 13.9. The molecule has 3 rings (SSSR count). The highest BCUT2D eigenvalue weighted by Crippen LogP contribution is 2.24. The van der Waals surface area contributed by atoms with E-state index in [1.54, 1.807) is 0 Å². The van der Waals surface area contributed by atoms with Crippen LogP contribution in [0.2, 0.25) is 0 Å². The minimum atomic E-state index is -0.273. The summed E-state index contributed by atoms with van der Waals surface area (Å²) in [7, 11) is 0. The Bertz CT molecular complexity index is 845. The van der Waals surface area contributed by atoms with Gasteiger partial charge < -0.3 is 11.1 Å². The maximum Gasteiger partial charge on any atom is 0.234 e. The lowest BCUT2D eigenvalue weighted by Gasteiger charge is -2.23. The van der Waals surface area contributed by atoms with Crippen LogP contribution in [0.1, 0.15) is 43.4 Å². The molecule has 0 aliphatic carbocycles.